The standard InChI is InChI=1S/C28H25F2N9O3S/c1-43(41,42)24-23(15-9-16-6-7-17(10-15)38(16)28(40)26-33-13-34-37-26)36-27-19(12-35-39(27)25(24)31)14-5-8-21(32-11-14)18-3-2-4-20(29)22(18)30/h2-5,8,11-13,15-17H,6-7,9-10,31H2,1H3,(H,33,34,37)/t15?,16-,17+. The van der Waals surface area contributed by atoms with Gasteiger partial charge in [0.2, 0.25) is 5.82 Å². The zero-order valence-electron chi connectivity index (χ0n) is 22.8. The fraction of sp³-hybridized carbons (Fsp3) is 0.286. The number of rotatable bonds is 5. The van der Waals surface area contributed by atoms with Crippen molar-refractivity contribution in [2.24, 2.45) is 0 Å². The average molecular weight is 606 g/mol. The highest BCUT2D eigenvalue weighted by atomic mass is 32.2. The summed E-state index contributed by atoms with van der Waals surface area (Å²) in [5.41, 5.74) is 8.51. The molecule has 2 aliphatic heterocycles. The lowest BCUT2D eigenvalue weighted by Crippen LogP contribution is -2.46. The smallest absolute Gasteiger partial charge is 0.291 e. The van der Waals surface area contributed by atoms with Crippen LogP contribution in [-0.2, 0) is 9.84 Å². The molecule has 2 fully saturated rings. The molecule has 0 radical (unpaired) electrons. The molecule has 2 saturated heterocycles. The number of H-pyrrole nitrogens is 1. The molecule has 7 rings (SSSR count). The Hall–Kier alpha value is -4.79. The van der Waals surface area contributed by atoms with E-state index in [1.807, 2.05) is 4.90 Å². The van der Waals surface area contributed by atoms with Crippen LogP contribution in [0.2, 0.25) is 0 Å². The van der Waals surface area contributed by atoms with Crippen LogP contribution < -0.4 is 5.73 Å². The summed E-state index contributed by atoms with van der Waals surface area (Å²) in [5.74, 6) is -2.38. The minimum absolute atomic E-state index is 0.0247. The second-order valence-corrected chi connectivity index (χ2v) is 12.9. The van der Waals surface area contributed by atoms with Crippen molar-refractivity contribution in [2.45, 2.75) is 48.6 Å². The fourth-order valence-electron chi connectivity index (χ4n) is 6.46. The molecule has 1 amide bonds. The summed E-state index contributed by atoms with van der Waals surface area (Å²) in [6, 6.07) is 6.87. The first-order chi connectivity index (χ1) is 20.6. The molecular weight excluding hydrogens is 580 g/mol. The maximum absolute atomic E-state index is 14.3. The predicted molar refractivity (Wildman–Crippen MR) is 150 cm³/mol. The van der Waals surface area contributed by atoms with Crippen LogP contribution in [0.4, 0.5) is 14.6 Å². The van der Waals surface area contributed by atoms with Crippen molar-refractivity contribution in [3.8, 4) is 22.4 Å². The average Bonchev–Trinajstić information content (AvgIpc) is 3.72. The first-order valence-corrected chi connectivity index (χ1v) is 15.5. The first-order valence-electron chi connectivity index (χ1n) is 13.6. The number of aromatic nitrogens is 7. The molecule has 43 heavy (non-hydrogen) atoms. The molecule has 6 heterocycles. The van der Waals surface area contributed by atoms with Crippen molar-refractivity contribution in [3.05, 3.63) is 72.2 Å². The van der Waals surface area contributed by atoms with Gasteiger partial charge < -0.3 is 10.6 Å². The topological polar surface area (TPSA) is 165 Å². The predicted octanol–water partition coefficient (Wildman–Crippen LogP) is 3.39. The monoisotopic (exact) mass is 605 g/mol. The van der Waals surface area contributed by atoms with E-state index in [2.05, 4.69) is 25.3 Å². The molecule has 3 N–H and O–H groups in total. The molecule has 2 aliphatic rings. The SMILES string of the molecule is CS(=O)(=O)c1c(C2C[C@H]3CC[C@@H](C2)N3C(=O)c2ncn[nH]2)nc2c(-c3ccc(-c4cccc(F)c4F)nc3)cnn2c1N. The molecule has 0 spiro atoms. The van der Waals surface area contributed by atoms with E-state index in [0.29, 0.717) is 35.3 Å². The summed E-state index contributed by atoms with van der Waals surface area (Å²) in [6.07, 6.45) is 7.92. The number of halogens is 2. The maximum atomic E-state index is 14.3. The summed E-state index contributed by atoms with van der Waals surface area (Å²) >= 11 is 0. The van der Waals surface area contributed by atoms with Gasteiger partial charge in [0, 0.05) is 47.1 Å². The van der Waals surface area contributed by atoms with Gasteiger partial charge in [0.25, 0.3) is 5.91 Å². The molecule has 0 saturated carbocycles. The molecule has 15 heteroatoms. The summed E-state index contributed by atoms with van der Waals surface area (Å²) in [7, 11) is -3.81. The Bertz CT molecular complexity index is 1980. The number of carbonyl (C=O) groups is 1. The van der Waals surface area contributed by atoms with Crippen LogP contribution in [0.25, 0.3) is 28.0 Å². The van der Waals surface area contributed by atoms with Crippen LogP contribution in [0.3, 0.4) is 0 Å². The van der Waals surface area contributed by atoms with E-state index in [4.69, 9.17) is 10.7 Å². The van der Waals surface area contributed by atoms with Crippen molar-refractivity contribution in [1.82, 2.24) is 39.7 Å². The number of hydrogen-bond donors (Lipinski definition) is 2. The molecule has 0 aliphatic carbocycles. The summed E-state index contributed by atoms with van der Waals surface area (Å²) < 4.78 is 55.5. The zero-order chi connectivity index (χ0) is 30.0. The largest absolute Gasteiger partial charge is 0.382 e. The quantitative estimate of drug-likeness (QED) is 0.305. The fourth-order valence-corrected chi connectivity index (χ4v) is 7.51. The normalized spacial score (nSPS) is 20.2. The molecule has 1 aromatic carbocycles. The Morgan fingerprint density at radius 1 is 1.05 bits per heavy atom. The Kier molecular flexibility index (Phi) is 6.23. The van der Waals surface area contributed by atoms with Crippen molar-refractivity contribution >= 4 is 27.2 Å². The molecule has 5 aromatic rings. The molecule has 220 valence electrons. The van der Waals surface area contributed by atoms with E-state index in [-0.39, 0.29) is 51.7 Å². The van der Waals surface area contributed by atoms with Gasteiger partial charge in [-0.1, -0.05) is 12.1 Å². The Labute approximate surface area is 243 Å². The number of nitrogen functional groups attached to an aromatic ring is 1. The third kappa shape index (κ3) is 4.42. The van der Waals surface area contributed by atoms with Crippen molar-refractivity contribution in [2.75, 3.05) is 12.0 Å². The van der Waals surface area contributed by atoms with E-state index in [1.54, 1.807) is 12.1 Å². The lowest BCUT2D eigenvalue weighted by Gasteiger charge is -2.38. The molecular formula is C28H25F2N9O3S. The highest BCUT2D eigenvalue weighted by molar-refractivity contribution is 7.91. The number of nitrogens with two attached hydrogens (primary N) is 1. The van der Waals surface area contributed by atoms with Gasteiger partial charge in [-0.3, -0.25) is 14.9 Å². The number of nitrogens with zero attached hydrogens (tertiary/aromatic N) is 7. The highest BCUT2D eigenvalue weighted by Gasteiger charge is 2.46. The number of nitrogens with one attached hydrogen (secondary N) is 1. The van der Waals surface area contributed by atoms with Crippen LogP contribution in [0.1, 0.15) is 47.9 Å². The Morgan fingerprint density at radius 3 is 2.47 bits per heavy atom. The second-order valence-electron chi connectivity index (χ2n) is 10.9. The number of amides is 1. The maximum Gasteiger partial charge on any atom is 0.291 e. The highest BCUT2D eigenvalue weighted by Crippen LogP contribution is 2.45. The zero-order valence-corrected chi connectivity index (χ0v) is 23.6. The van der Waals surface area contributed by atoms with Gasteiger partial charge >= 0.3 is 0 Å². The number of piperidine rings is 1. The number of carbonyl (C=O) groups excluding carboxylic acids is 1. The number of pyridine rings is 1. The molecule has 2 bridgehead atoms. The first kappa shape index (κ1) is 27.1. The van der Waals surface area contributed by atoms with E-state index >= 15 is 0 Å². The minimum Gasteiger partial charge on any atom is -0.382 e. The summed E-state index contributed by atoms with van der Waals surface area (Å²) in [6.45, 7) is 0. The van der Waals surface area contributed by atoms with Gasteiger partial charge in [-0.15, -0.1) is 0 Å². The number of sulfone groups is 1. The molecule has 4 aromatic heterocycles. The third-order valence-electron chi connectivity index (χ3n) is 8.31. The lowest BCUT2D eigenvalue weighted by molar-refractivity contribution is 0.0556. The third-order valence-corrected chi connectivity index (χ3v) is 9.47. The van der Waals surface area contributed by atoms with Crippen LogP contribution in [0, 0.1) is 11.6 Å². The van der Waals surface area contributed by atoms with E-state index in [1.165, 1.54) is 35.4 Å². The number of aromatic amines is 1. The number of fused-ring (bicyclic) bond motifs is 3. The number of benzene rings is 1. The van der Waals surface area contributed by atoms with Gasteiger partial charge in [-0.05, 0) is 43.9 Å². The summed E-state index contributed by atoms with van der Waals surface area (Å²) in [5, 5.41) is 10.7. The minimum atomic E-state index is -3.81. The van der Waals surface area contributed by atoms with Crippen molar-refractivity contribution in [3.63, 3.8) is 0 Å². The second kappa shape index (κ2) is 9.90. The van der Waals surface area contributed by atoms with Crippen molar-refractivity contribution < 1.29 is 22.0 Å². The molecule has 1 unspecified atom stereocenters. The van der Waals surface area contributed by atoms with Crippen LogP contribution in [0.15, 0.2) is 53.9 Å². The Balaban J connectivity index is 1.28. The van der Waals surface area contributed by atoms with Crippen LogP contribution in [0.5, 0.6) is 0 Å². The van der Waals surface area contributed by atoms with Crippen LogP contribution >= 0.6 is 0 Å². The summed E-state index contributed by atoms with van der Waals surface area (Å²) in [4.78, 5) is 28.1. The van der Waals surface area contributed by atoms with E-state index in [0.717, 1.165) is 25.2 Å². The van der Waals surface area contributed by atoms with Crippen molar-refractivity contribution in [1.29, 1.82) is 0 Å². The lowest BCUT2D eigenvalue weighted by atomic mass is 9.87. The van der Waals surface area contributed by atoms with Gasteiger partial charge in [0.1, 0.15) is 17.0 Å². The van der Waals surface area contributed by atoms with Gasteiger partial charge in [-0.25, -0.2) is 27.2 Å². The van der Waals surface area contributed by atoms with Gasteiger partial charge in [0.05, 0.1) is 17.6 Å². The van der Waals surface area contributed by atoms with Gasteiger partial charge in [-0.2, -0.15) is 14.7 Å². The molecule has 12 nitrogen and oxygen atoms in total. The number of anilines is 1. The van der Waals surface area contributed by atoms with Gasteiger partial charge in [0.15, 0.2) is 27.1 Å². The van der Waals surface area contributed by atoms with Crippen LogP contribution in [-0.4, -0.2) is 72.3 Å². The Morgan fingerprint density at radius 2 is 1.81 bits per heavy atom. The van der Waals surface area contributed by atoms with E-state index in [9.17, 15) is 22.0 Å². The number of hydrogen-bond acceptors (Lipinski definition) is 9. The molecule has 3 atom stereocenters. The van der Waals surface area contributed by atoms with E-state index < -0.39 is 21.5 Å².